The van der Waals surface area contributed by atoms with Gasteiger partial charge in [0.2, 0.25) is 0 Å². The second-order valence-electron chi connectivity index (χ2n) is 5.44. The first-order valence-corrected chi connectivity index (χ1v) is 7.06. The van der Waals surface area contributed by atoms with Crippen molar-refractivity contribution in [3.63, 3.8) is 0 Å². The number of ether oxygens (including phenoxy) is 1. The Morgan fingerprint density at radius 2 is 1.86 bits per heavy atom. The van der Waals surface area contributed by atoms with Gasteiger partial charge in [-0.2, -0.15) is 0 Å². The number of carboxylic acids is 1. The van der Waals surface area contributed by atoms with Gasteiger partial charge < -0.3 is 9.84 Å². The average molecular weight is 293 g/mol. The number of rotatable bonds is 6. The van der Waals surface area contributed by atoms with Crippen LogP contribution in [0.25, 0.3) is 0 Å². The van der Waals surface area contributed by atoms with Crippen molar-refractivity contribution in [3.05, 3.63) is 35.9 Å². The summed E-state index contributed by atoms with van der Waals surface area (Å²) in [6, 6.07) is 9.03. The molecule has 0 saturated carbocycles. The van der Waals surface area contributed by atoms with Gasteiger partial charge in [-0.25, -0.2) is 9.59 Å². The van der Waals surface area contributed by atoms with Crippen molar-refractivity contribution < 1.29 is 19.4 Å². The van der Waals surface area contributed by atoms with Gasteiger partial charge in [0.15, 0.2) is 0 Å². The summed E-state index contributed by atoms with van der Waals surface area (Å²) in [6.45, 7) is 6.97. The molecule has 1 aromatic carbocycles. The molecule has 116 valence electrons. The average Bonchev–Trinajstić information content (AvgIpc) is 2.45. The summed E-state index contributed by atoms with van der Waals surface area (Å²) in [5.74, 6) is -1.03. The molecule has 1 unspecified atom stereocenters. The van der Waals surface area contributed by atoms with E-state index in [9.17, 15) is 14.7 Å². The van der Waals surface area contributed by atoms with Crippen LogP contribution in [0, 0.1) is 0 Å². The molecule has 0 aliphatic heterocycles. The number of carbonyl (C=O) groups is 2. The number of carbonyl (C=O) groups excluding carboxylic acids is 1. The van der Waals surface area contributed by atoms with Gasteiger partial charge in [-0.3, -0.25) is 4.90 Å². The van der Waals surface area contributed by atoms with Crippen LogP contribution in [0.15, 0.2) is 30.3 Å². The molecule has 1 rings (SSSR count). The summed E-state index contributed by atoms with van der Waals surface area (Å²) in [4.78, 5) is 25.1. The zero-order chi connectivity index (χ0) is 16.0. The first-order chi connectivity index (χ1) is 9.82. The molecule has 0 aromatic heterocycles. The van der Waals surface area contributed by atoms with E-state index < -0.39 is 17.6 Å². The van der Waals surface area contributed by atoms with Crippen molar-refractivity contribution in [2.24, 2.45) is 0 Å². The van der Waals surface area contributed by atoms with Crippen LogP contribution in [0.5, 0.6) is 0 Å². The van der Waals surface area contributed by atoms with Crippen molar-refractivity contribution >= 4 is 12.1 Å². The Hall–Kier alpha value is -2.04. The number of benzene rings is 1. The Bertz CT molecular complexity index is 486. The number of carboxylic acid groups (broad SMARTS) is 1. The van der Waals surface area contributed by atoms with Gasteiger partial charge in [0, 0.05) is 6.04 Å². The van der Waals surface area contributed by atoms with Crippen LogP contribution in [0.2, 0.25) is 0 Å². The van der Waals surface area contributed by atoms with Gasteiger partial charge in [-0.15, -0.1) is 0 Å². The highest BCUT2D eigenvalue weighted by Gasteiger charge is 2.43. The van der Waals surface area contributed by atoms with E-state index in [1.807, 2.05) is 30.3 Å². The highest BCUT2D eigenvalue weighted by atomic mass is 16.6. The first kappa shape index (κ1) is 17.0. The third kappa shape index (κ3) is 3.97. The molecule has 1 N–H and O–H groups in total. The van der Waals surface area contributed by atoms with E-state index in [1.165, 1.54) is 4.90 Å². The Labute approximate surface area is 125 Å². The third-order valence-electron chi connectivity index (χ3n) is 3.60. The third-order valence-corrected chi connectivity index (χ3v) is 3.60. The van der Waals surface area contributed by atoms with Crippen molar-refractivity contribution in [1.29, 1.82) is 0 Å². The van der Waals surface area contributed by atoms with E-state index >= 15 is 0 Å². The Kier molecular flexibility index (Phi) is 5.76. The predicted molar refractivity (Wildman–Crippen MR) is 79.9 cm³/mol. The summed E-state index contributed by atoms with van der Waals surface area (Å²) < 4.78 is 5.27. The Morgan fingerprint density at radius 1 is 1.29 bits per heavy atom. The van der Waals surface area contributed by atoms with E-state index in [2.05, 4.69) is 0 Å². The van der Waals surface area contributed by atoms with E-state index in [1.54, 1.807) is 27.7 Å². The topological polar surface area (TPSA) is 66.8 Å². The van der Waals surface area contributed by atoms with E-state index in [-0.39, 0.29) is 12.6 Å². The highest BCUT2D eigenvalue weighted by molar-refractivity contribution is 5.84. The summed E-state index contributed by atoms with van der Waals surface area (Å²) in [5.41, 5.74) is -0.412. The molecule has 0 bridgehead atoms. The predicted octanol–water partition coefficient (Wildman–Crippen LogP) is 3.29. The lowest BCUT2D eigenvalue weighted by atomic mass is 9.95. The van der Waals surface area contributed by atoms with Crippen LogP contribution < -0.4 is 0 Å². The summed E-state index contributed by atoms with van der Waals surface area (Å²) >= 11 is 0. The molecule has 1 amide bonds. The van der Waals surface area contributed by atoms with Crippen LogP contribution in [0.1, 0.15) is 39.7 Å². The van der Waals surface area contributed by atoms with Crippen LogP contribution >= 0.6 is 0 Å². The van der Waals surface area contributed by atoms with Gasteiger partial charge in [0.1, 0.15) is 12.1 Å². The van der Waals surface area contributed by atoms with E-state index in [4.69, 9.17) is 4.74 Å². The minimum Gasteiger partial charge on any atom is -0.480 e. The molecular weight excluding hydrogens is 270 g/mol. The minimum absolute atomic E-state index is 0.127. The molecule has 0 aliphatic carbocycles. The van der Waals surface area contributed by atoms with Gasteiger partial charge in [-0.1, -0.05) is 37.3 Å². The zero-order valence-electron chi connectivity index (χ0n) is 13.0. The highest BCUT2D eigenvalue weighted by Crippen LogP contribution is 2.24. The summed E-state index contributed by atoms with van der Waals surface area (Å²) in [5, 5.41) is 9.44. The second kappa shape index (κ2) is 7.11. The number of aliphatic carboxylic acids is 1. The maximum Gasteiger partial charge on any atom is 0.411 e. The molecule has 0 aliphatic rings. The van der Waals surface area contributed by atoms with E-state index in [0.717, 1.165) is 5.56 Å². The van der Waals surface area contributed by atoms with Crippen molar-refractivity contribution in [3.8, 4) is 0 Å². The van der Waals surface area contributed by atoms with Gasteiger partial charge in [0.25, 0.3) is 0 Å². The summed E-state index contributed by atoms with van der Waals surface area (Å²) in [7, 11) is 0. The van der Waals surface area contributed by atoms with Crippen LogP contribution in [-0.2, 0) is 16.1 Å². The Balaban J connectivity index is 2.86. The van der Waals surface area contributed by atoms with Gasteiger partial charge >= 0.3 is 12.1 Å². The molecule has 21 heavy (non-hydrogen) atoms. The van der Waals surface area contributed by atoms with E-state index in [0.29, 0.717) is 6.42 Å². The fraction of sp³-hybridized carbons (Fsp3) is 0.500. The van der Waals surface area contributed by atoms with Crippen LogP contribution in [0.4, 0.5) is 4.79 Å². The molecule has 0 saturated heterocycles. The lowest BCUT2D eigenvalue weighted by Gasteiger charge is -2.39. The fourth-order valence-corrected chi connectivity index (χ4v) is 2.20. The standard InChI is InChI=1S/C16H23NO4/c1-5-16(4,14(18)19)17(12(2)3)15(20)21-11-13-9-7-6-8-10-13/h6-10,12H,5,11H2,1-4H3,(H,18,19). The van der Waals surface area contributed by atoms with Crippen LogP contribution in [-0.4, -0.2) is 33.6 Å². The molecule has 1 atom stereocenters. The molecule has 0 fully saturated rings. The maximum absolute atomic E-state index is 12.3. The number of nitrogens with zero attached hydrogens (tertiary/aromatic N) is 1. The summed E-state index contributed by atoms with van der Waals surface area (Å²) in [6.07, 6.45) is -0.304. The molecule has 0 radical (unpaired) electrons. The van der Waals surface area contributed by atoms with Crippen molar-refractivity contribution in [2.45, 2.75) is 52.3 Å². The number of amides is 1. The number of hydrogen-bond acceptors (Lipinski definition) is 3. The molecule has 1 aromatic rings. The Morgan fingerprint density at radius 3 is 2.29 bits per heavy atom. The van der Waals surface area contributed by atoms with Gasteiger partial charge in [-0.05, 0) is 32.8 Å². The van der Waals surface area contributed by atoms with Crippen molar-refractivity contribution in [1.82, 2.24) is 4.90 Å². The smallest absolute Gasteiger partial charge is 0.411 e. The van der Waals surface area contributed by atoms with Gasteiger partial charge in [0.05, 0.1) is 0 Å². The lowest BCUT2D eigenvalue weighted by Crippen LogP contribution is -2.57. The largest absolute Gasteiger partial charge is 0.480 e. The van der Waals surface area contributed by atoms with Crippen LogP contribution in [0.3, 0.4) is 0 Å². The molecule has 5 heteroatoms. The monoisotopic (exact) mass is 293 g/mol. The SMILES string of the molecule is CCC(C)(C(=O)O)N(C(=O)OCc1ccccc1)C(C)C. The molecule has 5 nitrogen and oxygen atoms in total. The zero-order valence-corrected chi connectivity index (χ0v) is 13.0. The molecule has 0 heterocycles. The normalized spacial score (nSPS) is 13.6. The molecular formula is C16H23NO4. The second-order valence-corrected chi connectivity index (χ2v) is 5.44. The van der Waals surface area contributed by atoms with Crippen molar-refractivity contribution in [2.75, 3.05) is 0 Å². The fourth-order valence-electron chi connectivity index (χ4n) is 2.20. The molecule has 0 spiro atoms. The lowest BCUT2D eigenvalue weighted by molar-refractivity contribution is -0.151. The quantitative estimate of drug-likeness (QED) is 0.874. The minimum atomic E-state index is -1.28. The number of hydrogen-bond donors (Lipinski definition) is 1. The maximum atomic E-state index is 12.3. The first-order valence-electron chi connectivity index (χ1n) is 7.06.